The highest BCUT2D eigenvalue weighted by Crippen LogP contribution is 2.17. The van der Waals surface area contributed by atoms with Crippen LogP contribution in [0.2, 0.25) is 0 Å². The fourth-order valence-corrected chi connectivity index (χ4v) is 4.43. The molecule has 1 aromatic heterocycles. The number of hydrogen-bond donors (Lipinski definition) is 1. The molecule has 0 radical (unpaired) electrons. The molecule has 10 nitrogen and oxygen atoms in total. The lowest BCUT2D eigenvalue weighted by Crippen LogP contribution is -2.31. The average Bonchev–Trinajstić information content (AvgIpc) is 3.31. The van der Waals surface area contributed by atoms with Crippen molar-refractivity contribution in [2.24, 2.45) is 0 Å². The molecule has 0 spiro atoms. The molecule has 1 amide bonds. The maximum atomic E-state index is 13.0. The first-order valence-corrected chi connectivity index (χ1v) is 11.8. The molecule has 2 aromatic carbocycles. The van der Waals surface area contributed by atoms with E-state index in [1.54, 1.807) is 13.8 Å². The van der Waals surface area contributed by atoms with Gasteiger partial charge in [0.05, 0.1) is 4.90 Å². The smallest absolute Gasteiger partial charge is 0.325 e. The van der Waals surface area contributed by atoms with Crippen LogP contribution in [0.1, 0.15) is 30.1 Å². The zero-order valence-electron chi connectivity index (χ0n) is 18.5. The van der Waals surface area contributed by atoms with E-state index >= 15 is 0 Å². The van der Waals surface area contributed by atoms with E-state index in [0.29, 0.717) is 18.7 Å². The summed E-state index contributed by atoms with van der Waals surface area (Å²) >= 11 is 0. The molecule has 0 aliphatic heterocycles. The Morgan fingerprint density at radius 1 is 1.06 bits per heavy atom. The minimum Gasteiger partial charge on any atom is -0.454 e. The van der Waals surface area contributed by atoms with Crippen LogP contribution in [0.25, 0.3) is 11.4 Å². The first-order chi connectivity index (χ1) is 16.2. The van der Waals surface area contributed by atoms with Crippen molar-refractivity contribution in [3.8, 4) is 11.4 Å². The van der Waals surface area contributed by atoms with Crippen molar-refractivity contribution in [1.29, 1.82) is 0 Å². The third kappa shape index (κ3) is 6.02. The number of nitrogens with one attached hydrogen (secondary N) is 1. The minimum atomic E-state index is -3.63. The summed E-state index contributed by atoms with van der Waals surface area (Å²) in [6, 6.07) is 10.9. The van der Waals surface area contributed by atoms with Crippen LogP contribution >= 0.6 is 0 Å². The van der Waals surface area contributed by atoms with Crippen molar-refractivity contribution in [3.05, 3.63) is 65.8 Å². The first kappa shape index (κ1) is 25.0. The second-order valence-corrected chi connectivity index (χ2v) is 8.91. The van der Waals surface area contributed by atoms with Crippen molar-refractivity contribution >= 4 is 21.9 Å². The van der Waals surface area contributed by atoms with Gasteiger partial charge < -0.3 is 14.6 Å². The Balaban J connectivity index is 1.49. The lowest BCUT2D eigenvalue weighted by Gasteiger charge is -2.18. The highest BCUT2D eigenvalue weighted by atomic mass is 32.2. The Morgan fingerprint density at radius 3 is 2.32 bits per heavy atom. The average molecular weight is 491 g/mol. The number of carbonyl (C=O) groups excluding carboxylic acids is 2. The molecule has 1 N–H and O–H groups in total. The quantitative estimate of drug-likeness (QED) is 0.429. The highest BCUT2D eigenvalue weighted by Gasteiger charge is 2.22. The SMILES string of the molecule is CCN(CC)S(=O)(=O)c1ccc(C(=O)NCC(=O)OCc2nc(-c3ccc(F)cc3)no2)cc1. The molecular weight excluding hydrogens is 467 g/mol. The van der Waals surface area contributed by atoms with Crippen LogP contribution in [-0.4, -0.2) is 54.4 Å². The molecule has 0 saturated carbocycles. The van der Waals surface area contributed by atoms with Gasteiger partial charge in [-0.3, -0.25) is 9.59 Å². The van der Waals surface area contributed by atoms with Gasteiger partial charge >= 0.3 is 5.97 Å². The molecule has 0 fully saturated rings. The Morgan fingerprint density at radius 2 is 1.71 bits per heavy atom. The third-order valence-electron chi connectivity index (χ3n) is 4.78. The van der Waals surface area contributed by atoms with E-state index in [2.05, 4.69) is 15.5 Å². The molecule has 0 aliphatic carbocycles. The predicted octanol–water partition coefficient (Wildman–Crippen LogP) is 2.38. The van der Waals surface area contributed by atoms with Gasteiger partial charge in [-0.25, -0.2) is 12.8 Å². The number of aromatic nitrogens is 2. The monoisotopic (exact) mass is 490 g/mol. The molecule has 3 rings (SSSR count). The Labute approximate surface area is 195 Å². The maximum absolute atomic E-state index is 13.0. The van der Waals surface area contributed by atoms with Gasteiger partial charge in [0.25, 0.3) is 11.8 Å². The van der Waals surface area contributed by atoms with Crippen molar-refractivity contribution in [2.45, 2.75) is 25.3 Å². The second-order valence-electron chi connectivity index (χ2n) is 6.98. The molecule has 0 bridgehead atoms. The number of ether oxygens (including phenoxy) is 1. The van der Waals surface area contributed by atoms with Gasteiger partial charge in [-0.2, -0.15) is 9.29 Å². The molecule has 1 heterocycles. The summed E-state index contributed by atoms with van der Waals surface area (Å²) in [6.45, 7) is 3.43. The van der Waals surface area contributed by atoms with Gasteiger partial charge in [0, 0.05) is 24.2 Å². The molecule has 0 unspecified atom stereocenters. The lowest BCUT2D eigenvalue weighted by molar-refractivity contribution is -0.144. The number of hydrogen-bond acceptors (Lipinski definition) is 8. The molecule has 0 aliphatic rings. The topological polar surface area (TPSA) is 132 Å². The largest absolute Gasteiger partial charge is 0.454 e. The highest BCUT2D eigenvalue weighted by molar-refractivity contribution is 7.89. The summed E-state index contributed by atoms with van der Waals surface area (Å²) < 4.78 is 49.3. The maximum Gasteiger partial charge on any atom is 0.325 e. The normalized spacial score (nSPS) is 11.4. The van der Waals surface area contributed by atoms with E-state index in [9.17, 15) is 22.4 Å². The Kier molecular flexibility index (Phi) is 8.08. The van der Waals surface area contributed by atoms with Crippen molar-refractivity contribution < 1.29 is 31.7 Å². The number of nitrogens with zero attached hydrogens (tertiary/aromatic N) is 3. The summed E-state index contributed by atoms with van der Waals surface area (Å²) in [7, 11) is -3.63. The number of halogens is 1. The molecule has 12 heteroatoms. The minimum absolute atomic E-state index is 0.0315. The molecule has 180 valence electrons. The zero-order valence-corrected chi connectivity index (χ0v) is 19.3. The molecule has 0 atom stereocenters. The van der Waals surface area contributed by atoms with E-state index < -0.39 is 34.3 Å². The van der Waals surface area contributed by atoms with Gasteiger partial charge in [-0.1, -0.05) is 19.0 Å². The van der Waals surface area contributed by atoms with Gasteiger partial charge in [-0.15, -0.1) is 0 Å². The van der Waals surface area contributed by atoms with Gasteiger partial charge in [-0.05, 0) is 48.5 Å². The number of rotatable bonds is 10. The van der Waals surface area contributed by atoms with Crippen LogP contribution in [0.3, 0.4) is 0 Å². The van der Waals surface area contributed by atoms with E-state index in [1.165, 1.54) is 52.8 Å². The summed E-state index contributed by atoms with van der Waals surface area (Å²) in [5.74, 6) is -1.46. The van der Waals surface area contributed by atoms with Crippen molar-refractivity contribution in [2.75, 3.05) is 19.6 Å². The van der Waals surface area contributed by atoms with Crippen LogP contribution in [0.4, 0.5) is 4.39 Å². The second kappa shape index (κ2) is 11.0. The van der Waals surface area contributed by atoms with Gasteiger partial charge in [0.2, 0.25) is 15.8 Å². The fraction of sp³-hybridized carbons (Fsp3) is 0.273. The number of carbonyl (C=O) groups is 2. The molecular formula is C22H23FN4O6S. The van der Waals surface area contributed by atoms with Crippen LogP contribution < -0.4 is 5.32 Å². The van der Waals surface area contributed by atoms with Crippen LogP contribution in [0.15, 0.2) is 57.9 Å². The number of sulfonamides is 1. The Bertz CT molecular complexity index is 1240. The van der Waals surface area contributed by atoms with Crippen LogP contribution in [0.5, 0.6) is 0 Å². The number of amides is 1. The Hall–Kier alpha value is -3.64. The summed E-state index contributed by atoms with van der Waals surface area (Å²) in [5, 5.41) is 6.14. The third-order valence-corrected chi connectivity index (χ3v) is 6.84. The number of esters is 1. The molecule has 34 heavy (non-hydrogen) atoms. The first-order valence-electron chi connectivity index (χ1n) is 10.4. The fourth-order valence-electron chi connectivity index (χ4n) is 2.97. The van der Waals surface area contributed by atoms with Crippen molar-refractivity contribution in [1.82, 2.24) is 19.8 Å². The van der Waals surface area contributed by atoms with E-state index in [0.717, 1.165) is 0 Å². The van der Waals surface area contributed by atoms with Crippen LogP contribution in [-0.2, 0) is 26.2 Å². The standard InChI is InChI=1S/C22H23FN4O6S/c1-3-27(4-2)34(30,31)18-11-7-16(8-12-18)22(29)24-13-20(28)32-14-19-25-21(26-33-19)15-5-9-17(23)10-6-15/h5-12H,3-4,13-14H2,1-2H3,(H,24,29). The van der Waals surface area contributed by atoms with E-state index in [-0.39, 0.29) is 28.8 Å². The summed E-state index contributed by atoms with van der Waals surface area (Å²) in [5.41, 5.74) is 0.720. The summed E-state index contributed by atoms with van der Waals surface area (Å²) in [4.78, 5) is 28.3. The molecule has 0 saturated heterocycles. The van der Waals surface area contributed by atoms with Gasteiger partial charge in [0.15, 0.2) is 6.61 Å². The molecule has 3 aromatic rings. The van der Waals surface area contributed by atoms with Crippen molar-refractivity contribution in [3.63, 3.8) is 0 Å². The van der Waals surface area contributed by atoms with E-state index in [1.807, 2.05) is 0 Å². The van der Waals surface area contributed by atoms with Crippen LogP contribution in [0, 0.1) is 5.82 Å². The van der Waals surface area contributed by atoms with E-state index in [4.69, 9.17) is 9.26 Å². The lowest BCUT2D eigenvalue weighted by atomic mass is 10.2. The zero-order chi connectivity index (χ0) is 24.7. The predicted molar refractivity (Wildman–Crippen MR) is 118 cm³/mol. The summed E-state index contributed by atoms with van der Waals surface area (Å²) in [6.07, 6.45) is 0. The number of benzene rings is 2. The van der Waals surface area contributed by atoms with Gasteiger partial charge in [0.1, 0.15) is 12.4 Å².